The fourth-order valence-corrected chi connectivity index (χ4v) is 4.38. The molecule has 0 unspecified atom stereocenters. The predicted molar refractivity (Wildman–Crippen MR) is 129 cm³/mol. The van der Waals surface area contributed by atoms with Gasteiger partial charge in [-0.1, -0.05) is 39.3 Å². The fraction of sp³-hybridized carbons (Fsp3) is 0.583. The van der Waals surface area contributed by atoms with Crippen LogP contribution < -0.4 is 16.4 Å². The quantitative estimate of drug-likeness (QED) is 0.626. The van der Waals surface area contributed by atoms with Crippen molar-refractivity contribution in [3.05, 3.63) is 33.8 Å². The van der Waals surface area contributed by atoms with Crippen molar-refractivity contribution < 1.29 is 9.21 Å². The molecule has 1 aliphatic heterocycles. The first-order chi connectivity index (χ1) is 15.5. The van der Waals surface area contributed by atoms with Crippen molar-refractivity contribution in [3.63, 3.8) is 0 Å². The Hall–Kier alpha value is -2.63. The second kappa shape index (κ2) is 10.1. The standard InChI is InChI=1S/C24H32ClN5O3/c1-5-10-30-11-8-24(15-26,9-12-30)29-21(31)18(14-23(2,3)4)27-20-17-13-16(25)6-7-19(17)33-22(32)28-20/h6-7,13,18H,5,8-12,14H2,1-4H3,(H,29,31)(H,27,28,32)/t18-/m0/s1. The molecule has 1 atom stereocenters. The van der Waals surface area contributed by atoms with Gasteiger partial charge in [0, 0.05) is 18.1 Å². The predicted octanol–water partition coefficient (Wildman–Crippen LogP) is 3.94. The third-order valence-corrected chi connectivity index (χ3v) is 6.10. The number of piperidine rings is 1. The molecule has 1 amide bonds. The van der Waals surface area contributed by atoms with Gasteiger partial charge in [0.2, 0.25) is 5.91 Å². The third kappa shape index (κ3) is 6.46. The average Bonchev–Trinajstić information content (AvgIpc) is 2.74. The monoisotopic (exact) mass is 473 g/mol. The van der Waals surface area contributed by atoms with Crippen LogP contribution in [0.5, 0.6) is 0 Å². The van der Waals surface area contributed by atoms with Crippen LogP contribution in [0, 0.1) is 16.7 Å². The molecular weight excluding hydrogens is 442 g/mol. The summed E-state index contributed by atoms with van der Waals surface area (Å²) < 4.78 is 5.17. The van der Waals surface area contributed by atoms with Gasteiger partial charge >= 0.3 is 5.76 Å². The van der Waals surface area contributed by atoms with Crippen molar-refractivity contribution in [1.29, 1.82) is 5.26 Å². The maximum absolute atomic E-state index is 13.5. The molecule has 0 bridgehead atoms. The highest BCUT2D eigenvalue weighted by Crippen LogP contribution is 2.28. The minimum Gasteiger partial charge on any atom is -0.408 e. The van der Waals surface area contributed by atoms with E-state index >= 15 is 0 Å². The molecule has 33 heavy (non-hydrogen) atoms. The van der Waals surface area contributed by atoms with Crippen LogP contribution in [0.1, 0.15) is 53.4 Å². The molecule has 1 aromatic carbocycles. The first-order valence-corrected chi connectivity index (χ1v) is 11.7. The molecule has 2 heterocycles. The van der Waals surface area contributed by atoms with Crippen LogP contribution >= 0.6 is 11.6 Å². The summed E-state index contributed by atoms with van der Waals surface area (Å²) in [4.78, 5) is 31.8. The summed E-state index contributed by atoms with van der Waals surface area (Å²) in [6, 6.07) is 6.51. The molecule has 8 nitrogen and oxygen atoms in total. The summed E-state index contributed by atoms with van der Waals surface area (Å²) in [5.41, 5.74) is -0.784. The Morgan fingerprint density at radius 3 is 2.67 bits per heavy atom. The van der Waals surface area contributed by atoms with Crippen molar-refractivity contribution in [1.82, 2.24) is 15.2 Å². The second-order valence-electron chi connectivity index (χ2n) is 9.96. The maximum atomic E-state index is 13.5. The SMILES string of the molecule is CCCN1CCC(C#N)(NC(=O)[C@H](CC(C)(C)C)Nc2nc(=O)oc3ccc(Cl)cc23)CC1. The van der Waals surface area contributed by atoms with Gasteiger partial charge in [-0.05, 0) is 55.8 Å². The zero-order valence-corrected chi connectivity index (χ0v) is 20.5. The molecular formula is C24H32ClN5O3. The Bertz CT molecular complexity index is 1090. The lowest BCUT2D eigenvalue weighted by atomic mass is 9.85. The highest BCUT2D eigenvalue weighted by Gasteiger charge is 2.38. The molecule has 2 N–H and O–H groups in total. The lowest BCUT2D eigenvalue weighted by Crippen LogP contribution is -2.57. The number of hydrogen-bond acceptors (Lipinski definition) is 7. The van der Waals surface area contributed by atoms with Crippen molar-refractivity contribution in [2.75, 3.05) is 25.0 Å². The van der Waals surface area contributed by atoms with Crippen LogP contribution in [0.15, 0.2) is 27.4 Å². The minimum absolute atomic E-state index is 0.202. The van der Waals surface area contributed by atoms with Crippen LogP contribution in [0.3, 0.4) is 0 Å². The van der Waals surface area contributed by atoms with Crippen LogP contribution in [0.4, 0.5) is 5.82 Å². The average molecular weight is 474 g/mol. The molecule has 2 aromatic rings. The molecule has 0 spiro atoms. The summed E-state index contributed by atoms with van der Waals surface area (Å²) in [5.74, 6) is -0.823. The van der Waals surface area contributed by atoms with Crippen molar-refractivity contribution in [3.8, 4) is 6.07 Å². The van der Waals surface area contributed by atoms with Crippen molar-refractivity contribution in [2.24, 2.45) is 5.41 Å². The summed E-state index contributed by atoms with van der Waals surface area (Å²) in [6.07, 6.45) is 2.66. The largest absolute Gasteiger partial charge is 0.441 e. The number of aromatic nitrogens is 1. The lowest BCUT2D eigenvalue weighted by molar-refractivity contribution is -0.124. The normalized spacial score (nSPS) is 17.3. The summed E-state index contributed by atoms with van der Waals surface area (Å²) in [6.45, 7) is 10.7. The van der Waals surface area contributed by atoms with Crippen molar-refractivity contribution >= 4 is 34.3 Å². The summed E-state index contributed by atoms with van der Waals surface area (Å²) in [5, 5.41) is 17.1. The molecule has 0 saturated carbocycles. The van der Waals surface area contributed by atoms with Gasteiger partial charge in [0.05, 0.1) is 11.5 Å². The zero-order valence-electron chi connectivity index (χ0n) is 19.7. The number of benzene rings is 1. The lowest BCUT2D eigenvalue weighted by Gasteiger charge is -2.39. The van der Waals surface area contributed by atoms with Gasteiger partial charge in [0.25, 0.3) is 0 Å². The van der Waals surface area contributed by atoms with E-state index in [9.17, 15) is 14.9 Å². The molecule has 0 aliphatic carbocycles. The highest BCUT2D eigenvalue weighted by atomic mass is 35.5. The number of amides is 1. The van der Waals surface area contributed by atoms with Crippen LogP contribution in [0.2, 0.25) is 5.02 Å². The van der Waals surface area contributed by atoms with E-state index in [2.05, 4.69) is 33.5 Å². The number of halogens is 1. The van der Waals surface area contributed by atoms with Crippen molar-refractivity contribution in [2.45, 2.75) is 65.0 Å². The number of fused-ring (bicyclic) bond motifs is 1. The number of anilines is 1. The fourth-order valence-electron chi connectivity index (χ4n) is 4.20. The number of nitriles is 1. The first-order valence-electron chi connectivity index (χ1n) is 11.4. The molecule has 1 aromatic heterocycles. The van der Waals surface area contributed by atoms with E-state index in [1.165, 1.54) is 0 Å². The number of nitrogens with zero attached hydrogens (tertiary/aromatic N) is 3. The summed E-state index contributed by atoms with van der Waals surface area (Å²) in [7, 11) is 0. The van der Waals surface area contributed by atoms with Crippen LogP contribution in [-0.2, 0) is 4.79 Å². The van der Waals surface area contributed by atoms with Gasteiger partial charge in [-0.3, -0.25) is 4.79 Å². The van der Waals surface area contributed by atoms with E-state index in [0.29, 0.717) is 35.3 Å². The molecule has 1 fully saturated rings. The second-order valence-corrected chi connectivity index (χ2v) is 10.4. The topological polar surface area (TPSA) is 111 Å². The number of carbonyl (C=O) groups is 1. The number of nitrogens with one attached hydrogen (secondary N) is 2. The van der Waals surface area contributed by atoms with E-state index < -0.39 is 17.3 Å². The van der Waals surface area contributed by atoms with Gasteiger partial charge in [-0.15, -0.1) is 0 Å². The Balaban J connectivity index is 1.87. The molecule has 178 valence electrons. The maximum Gasteiger partial charge on any atom is 0.441 e. The van der Waals surface area contributed by atoms with Crippen LogP contribution in [0.25, 0.3) is 11.0 Å². The van der Waals surface area contributed by atoms with E-state index in [4.69, 9.17) is 16.0 Å². The van der Waals surface area contributed by atoms with Crippen LogP contribution in [-0.4, -0.2) is 47.0 Å². The molecule has 0 radical (unpaired) electrons. The van der Waals surface area contributed by atoms with Gasteiger partial charge in [-0.2, -0.15) is 10.2 Å². The third-order valence-electron chi connectivity index (χ3n) is 5.87. The van der Waals surface area contributed by atoms with Gasteiger partial charge in [-0.25, -0.2) is 4.79 Å². The number of likely N-dealkylation sites (tertiary alicyclic amines) is 1. The number of rotatable bonds is 7. The van der Waals surface area contributed by atoms with Gasteiger partial charge in [0.1, 0.15) is 23.0 Å². The highest BCUT2D eigenvalue weighted by molar-refractivity contribution is 6.31. The Morgan fingerprint density at radius 2 is 2.06 bits per heavy atom. The van der Waals surface area contributed by atoms with Gasteiger partial charge in [0.15, 0.2) is 0 Å². The Morgan fingerprint density at radius 1 is 1.36 bits per heavy atom. The molecule has 9 heteroatoms. The number of carbonyl (C=O) groups excluding carboxylic acids is 1. The number of hydrogen-bond donors (Lipinski definition) is 2. The Kier molecular flexibility index (Phi) is 7.65. The van der Waals surface area contributed by atoms with E-state index in [0.717, 1.165) is 26.1 Å². The molecule has 1 saturated heterocycles. The van der Waals surface area contributed by atoms with E-state index in [1.54, 1.807) is 18.2 Å². The van der Waals surface area contributed by atoms with E-state index in [-0.39, 0.29) is 17.1 Å². The summed E-state index contributed by atoms with van der Waals surface area (Å²) >= 11 is 6.14. The molecule has 1 aliphatic rings. The van der Waals surface area contributed by atoms with Gasteiger partial charge < -0.3 is 20.0 Å². The minimum atomic E-state index is -0.909. The Labute approximate surface area is 199 Å². The first kappa shape index (κ1) is 25.0. The smallest absolute Gasteiger partial charge is 0.408 e. The van der Waals surface area contributed by atoms with E-state index in [1.807, 2.05) is 20.8 Å². The zero-order chi connectivity index (χ0) is 24.2. The molecule has 3 rings (SSSR count).